The number of hydrogen-bond donors (Lipinski definition) is 1. The van der Waals surface area contributed by atoms with Gasteiger partial charge in [0.15, 0.2) is 0 Å². The van der Waals surface area contributed by atoms with Crippen molar-refractivity contribution < 1.29 is 27.9 Å². The first-order chi connectivity index (χ1) is 6.93. The first-order valence-electron chi connectivity index (χ1n) is 4.52. The third kappa shape index (κ3) is 5.57. The maximum Gasteiger partial charge on any atom is 0.397 e. The monoisotopic (exact) mass is 241 g/mol. The van der Waals surface area contributed by atoms with Gasteiger partial charge in [-0.15, -0.1) is 0 Å². The summed E-state index contributed by atoms with van der Waals surface area (Å²) in [5.74, 6) is -2.58. The van der Waals surface area contributed by atoms with Crippen LogP contribution in [-0.2, 0) is 9.59 Å². The Hall–Kier alpha value is -1.27. The van der Waals surface area contributed by atoms with E-state index in [0.29, 0.717) is 4.90 Å². The molecule has 94 valence electrons. The van der Waals surface area contributed by atoms with Gasteiger partial charge in [-0.2, -0.15) is 13.2 Å². The predicted octanol–water partition coefficient (Wildman–Crippen LogP) is 1.65. The molecule has 0 saturated heterocycles. The Morgan fingerprint density at radius 1 is 1.19 bits per heavy atom. The van der Waals surface area contributed by atoms with Crippen LogP contribution in [0.25, 0.3) is 0 Å². The maximum atomic E-state index is 12.0. The second kappa shape index (κ2) is 4.71. The van der Waals surface area contributed by atoms with Gasteiger partial charge >= 0.3 is 12.1 Å². The van der Waals surface area contributed by atoms with E-state index in [1.54, 1.807) is 0 Å². The molecule has 0 saturated carbocycles. The third-order valence-electron chi connectivity index (χ3n) is 1.76. The van der Waals surface area contributed by atoms with Crippen molar-refractivity contribution in [1.29, 1.82) is 0 Å². The number of alkyl halides is 3. The zero-order chi connectivity index (χ0) is 13.1. The first kappa shape index (κ1) is 14.7. The van der Waals surface area contributed by atoms with Gasteiger partial charge in [0.1, 0.15) is 13.0 Å². The van der Waals surface area contributed by atoms with E-state index in [2.05, 4.69) is 0 Å². The van der Waals surface area contributed by atoms with Gasteiger partial charge in [0, 0.05) is 5.54 Å². The molecule has 0 aromatic rings. The average Bonchev–Trinajstić information content (AvgIpc) is 1.93. The molecule has 7 heteroatoms. The normalized spacial score (nSPS) is 12.4. The molecule has 0 fully saturated rings. The second-order valence-electron chi connectivity index (χ2n) is 4.34. The van der Waals surface area contributed by atoms with Crippen molar-refractivity contribution in [2.24, 2.45) is 0 Å². The van der Waals surface area contributed by atoms with Gasteiger partial charge in [0.25, 0.3) is 0 Å². The zero-order valence-corrected chi connectivity index (χ0v) is 9.26. The molecule has 0 rings (SSSR count). The summed E-state index contributed by atoms with van der Waals surface area (Å²) >= 11 is 0. The third-order valence-corrected chi connectivity index (χ3v) is 1.76. The van der Waals surface area contributed by atoms with E-state index in [1.807, 2.05) is 0 Å². The quantitative estimate of drug-likeness (QED) is 0.817. The number of hydrogen-bond acceptors (Lipinski definition) is 2. The molecule has 0 spiro atoms. The van der Waals surface area contributed by atoms with Gasteiger partial charge in [0.05, 0.1) is 0 Å². The number of rotatable bonds is 3. The van der Waals surface area contributed by atoms with Crippen LogP contribution in [0, 0.1) is 0 Å². The number of carbonyl (C=O) groups is 2. The van der Waals surface area contributed by atoms with Gasteiger partial charge in [-0.3, -0.25) is 9.59 Å². The molecule has 4 nitrogen and oxygen atoms in total. The second-order valence-corrected chi connectivity index (χ2v) is 4.34. The first-order valence-corrected chi connectivity index (χ1v) is 4.52. The highest BCUT2D eigenvalue weighted by atomic mass is 19.4. The number of nitrogens with zero attached hydrogens (tertiary/aromatic N) is 1. The van der Waals surface area contributed by atoms with Crippen LogP contribution < -0.4 is 0 Å². The molecule has 16 heavy (non-hydrogen) atoms. The largest absolute Gasteiger partial charge is 0.480 e. The Morgan fingerprint density at radius 2 is 1.62 bits per heavy atom. The minimum absolute atomic E-state index is 0.697. The summed E-state index contributed by atoms with van der Waals surface area (Å²) in [5.41, 5.74) is -0.958. The van der Waals surface area contributed by atoms with Crippen LogP contribution in [0.5, 0.6) is 0 Å². The molecule has 1 N–H and O–H groups in total. The summed E-state index contributed by atoms with van der Waals surface area (Å²) in [7, 11) is 0. The number of carbonyl (C=O) groups excluding carboxylic acids is 1. The molecule has 1 amide bonds. The fourth-order valence-electron chi connectivity index (χ4n) is 1.10. The van der Waals surface area contributed by atoms with E-state index in [1.165, 1.54) is 20.8 Å². The van der Waals surface area contributed by atoms with Crippen LogP contribution in [-0.4, -0.2) is 40.1 Å². The smallest absolute Gasteiger partial charge is 0.397 e. The van der Waals surface area contributed by atoms with Crippen molar-refractivity contribution in [3.63, 3.8) is 0 Å². The van der Waals surface area contributed by atoms with Gasteiger partial charge in [0.2, 0.25) is 5.91 Å². The molecule has 0 bridgehead atoms. The summed E-state index contributed by atoms with van der Waals surface area (Å²) in [6.07, 6.45) is -6.27. The standard InChI is InChI=1S/C9H14F3NO3/c1-8(2,3)13(5-7(15)16)6(14)4-9(10,11)12/h4-5H2,1-3H3,(H,15,16). The number of carboxylic acid groups (broad SMARTS) is 1. The number of carboxylic acids is 1. The molecule has 0 unspecified atom stereocenters. The van der Waals surface area contributed by atoms with Crippen molar-refractivity contribution in [3.8, 4) is 0 Å². The lowest BCUT2D eigenvalue weighted by molar-refractivity contribution is -0.167. The summed E-state index contributed by atoms with van der Waals surface area (Å²) in [5, 5.41) is 8.52. The molecule has 0 atom stereocenters. The van der Waals surface area contributed by atoms with E-state index in [9.17, 15) is 22.8 Å². The molecule has 0 aliphatic rings. The number of aliphatic carboxylic acids is 1. The van der Waals surface area contributed by atoms with E-state index < -0.39 is 36.6 Å². The molecule has 0 radical (unpaired) electrons. The Balaban J connectivity index is 4.78. The fourth-order valence-corrected chi connectivity index (χ4v) is 1.10. The van der Waals surface area contributed by atoms with Crippen LogP contribution in [0.4, 0.5) is 13.2 Å². The van der Waals surface area contributed by atoms with Crippen molar-refractivity contribution >= 4 is 11.9 Å². The van der Waals surface area contributed by atoms with Gasteiger partial charge in [-0.05, 0) is 20.8 Å². The highest BCUT2D eigenvalue weighted by Crippen LogP contribution is 2.23. The molecular weight excluding hydrogens is 227 g/mol. The lowest BCUT2D eigenvalue weighted by Crippen LogP contribution is -2.49. The lowest BCUT2D eigenvalue weighted by atomic mass is 10.1. The minimum atomic E-state index is -4.63. The Morgan fingerprint density at radius 3 is 1.88 bits per heavy atom. The van der Waals surface area contributed by atoms with Crippen molar-refractivity contribution in [1.82, 2.24) is 4.90 Å². The molecule has 0 aromatic heterocycles. The van der Waals surface area contributed by atoms with Crippen LogP contribution in [0.1, 0.15) is 27.2 Å². The Kier molecular flexibility index (Phi) is 4.34. The predicted molar refractivity (Wildman–Crippen MR) is 49.8 cm³/mol. The lowest BCUT2D eigenvalue weighted by Gasteiger charge is -2.34. The fraction of sp³-hybridized carbons (Fsp3) is 0.778. The summed E-state index contributed by atoms with van der Waals surface area (Å²) in [6.45, 7) is 3.69. The van der Waals surface area contributed by atoms with Crippen LogP contribution in [0.3, 0.4) is 0 Å². The van der Waals surface area contributed by atoms with Crippen molar-refractivity contribution in [2.45, 2.75) is 38.9 Å². The Labute approximate surface area is 91.0 Å². The van der Waals surface area contributed by atoms with E-state index in [4.69, 9.17) is 5.11 Å². The van der Waals surface area contributed by atoms with Crippen LogP contribution in [0.15, 0.2) is 0 Å². The summed E-state index contributed by atoms with van der Waals surface area (Å²) in [6, 6.07) is 0. The Bertz CT molecular complexity index is 281. The summed E-state index contributed by atoms with van der Waals surface area (Å²) < 4.78 is 36.0. The SMILES string of the molecule is CC(C)(C)N(CC(=O)O)C(=O)CC(F)(F)F. The molecular formula is C9H14F3NO3. The molecule has 0 aliphatic carbocycles. The number of amides is 1. The average molecular weight is 241 g/mol. The van der Waals surface area contributed by atoms with Crippen molar-refractivity contribution in [3.05, 3.63) is 0 Å². The summed E-state index contributed by atoms with van der Waals surface area (Å²) in [4.78, 5) is 22.4. The highest BCUT2D eigenvalue weighted by molar-refractivity contribution is 5.82. The topological polar surface area (TPSA) is 57.6 Å². The zero-order valence-electron chi connectivity index (χ0n) is 9.26. The van der Waals surface area contributed by atoms with Crippen molar-refractivity contribution in [2.75, 3.05) is 6.54 Å². The van der Waals surface area contributed by atoms with Crippen LogP contribution in [0.2, 0.25) is 0 Å². The van der Waals surface area contributed by atoms with Gasteiger partial charge in [-0.25, -0.2) is 0 Å². The molecule has 0 aromatic carbocycles. The van der Waals surface area contributed by atoms with E-state index in [0.717, 1.165) is 0 Å². The van der Waals surface area contributed by atoms with E-state index >= 15 is 0 Å². The van der Waals surface area contributed by atoms with E-state index in [-0.39, 0.29) is 0 Å². The molecule has 0 aliphatic heterocycles. The van der Waals surface area contributed by atoms with Gasteiger partial charge in [-0.1, -0.05) is 0 Å². The number of halogens is 3. The maximum absolute atomic E-state index is 12.0. The molecule has 0 heterocycles. The minimum Gasteiger partial charge on any atom is -0.480 e. The highest BCUT2D eigenvalue weighted by Gasteiger charge is 2.37. The van der Waals surface area contributed by atoms with Gasteiger partial charge < -0.3 is 10.0 Å². The van der Waals surface area contributed by atoms with Crippen LogP contribution >= 0.6 is 0 Å².